The molecule has 0 spiro atoms. The Morgan fingerprint density at radius 2 is 1.90 bits per heavy atom. The molecule has 21 heavy (non-hydrogen) atoms. The smallest absolute Gasteiger partial charge is 0.251 e. The van der Waals surface area contributed by atoms with Crippen molar-refractivity contribution < 1.29 is 14.7 Å². The van der Waals surface area contributed by atoms with Crippen LogP contribution in [0.1, 0.15) is 10.4 Å². The Morgan fingerprint density at radius 3 is 2.57 bits per heavy atom. The summed E-state index contributed by atoms with van der Waals surface area (Å²) in [5.41, 5.74) is 6.47. The zero-order valence-electron chi connectivity index (χ0n) is 11.0. The van der Waals surface area contributed by atoms with Crippen LogP contribution in [-0.4, -0.2) is 28.4 Å². The molecule has 2 amide bonds. The van der Waals surface area contributed by atoms with E-state index in [1.54, 1.807) is 24.3 Å². The Kier molecular flexibility index (Phi) is 4.35. The number of pyridine rings is 1. The number of hydrogen-bond donors (Lipinski definition) is 4. The third kappa shape index (κ3) is 3.93. The van der Waals surface area contributed by atoms with E-state index in [2.05, 4.69) is 15.6 Å². The molecule has 1 aromatic heterocycles. The van der Waals surface area contributed by atoms with Gasteiger partial charge in [-0.2, -0.15) is 0 Å². The highest BCUT2D eigenvalue weighted by Crippen LogP contribution is 2.17. The van der Waals surface area contributed by atoms with Crippen molar-refractivity contribution in [3.05, 3.63) is 48.2 Å². The van der Waals surface area contributed by atoms with Crippen molar-refractivity contribution in [2.24, 2.45) is 0 Å². The average Bonchev–Trinajstić information content (AvgIpc) is 2.48. The van der Waals surface area contributed by atoms with E-state index in [4.69, 9.17) is 5.73 Å². The molecule has 2 rings (SSSR count). The molecule has 7 heteroatoms. The van der Waals surface area contributed by atoms with E-state index >= 15 is 0 Å². The lowest BCUT2D eigenvalue weighted by Crippen LogP contribution is -2.33. The number of benzene rings is 1. The van der Waals surface area contributed by atoms with Crippen LogP contribution in [0.2, 0.25) is 0 Å². The Morgan fingerprint density at radius 1 is 1.19 bits per heavy atom. The SMILES string of the molecule is Nc1ccc(C(=O)NCC(=O)Nc2ncccc2O)cc1. The number of aromatic nitrogens is 1. The van der Waals surface area contributed by atoms with E-state index in [-0.39, 0.29) is 18.1 Å². The first-order chi connectivity index (χ1) is 10.1. The molecule has 0 aliphatic rings. The zero-order chi connectivity index (χ0) is 15.2. The van der Waals surface area contributed by atoms with Crippen LogP contribution in [0.5, 0.6) is 5.75 Å². The van der Waals surface area contributed by atoms with Crippen molar-refractivity contribution >= 4 is 23.3 Å². The summed E-state index contributed by atoms with van der Waals surface area (Å²) >= 11 is 0. The van der Waals surface area contributed by atoms with Crippen LogP contribution >= 0.6 is 0 Å². The molecule has 2 aromatic rings. The fraction of sp³-hybridized carbons (Fsp3) is 0.0714. The second-order valence-corrected chi connectivity index (χ2v) is 4.22. The Balaban J connectivity index is 1.88. The number of aromatic hydroxyl groups is 1. The summed E-state index contributed by atoms with van der Waals surface area (Å²) in [7, 11) is 0. The quantitative estimate of drug-likeness (QED) is 0.618. The van der Waals surface area contributed by atoms with Gasteiger partial charge in [0, 0.05) is 17.4 Å². The molecule has 0 aliphatic carbocycles. The number of anilines is 2. The summed E-state index contributed by atoms with van der Waals surface area (Å²) in [6, 6.07) is 9.26. The summed E-state index contributed by atoms with van der Waals surface area (Å²) in [5.74, 6) is -0.983. The van der Waals surface area contributed by atoms with Crippen LogP contribution in [0.4, 0.5) is 11.5 Å². The molecule has 0 saturated carbocycles. The number of rotatable bonds is 4. The highest BCUT2D eigenvalue weighted by Gasteiger charge is 2.10. The van der Waals surface area contributed by atoms with E-state index in [0.29, 0.717) is 11.3 Å². The lowest BCUT2D eigenvalue weighted by atomic mass is 10.2. The fourth-order valence-corrected chi connectivity index (χ4v) is 1.57. The van der Waals surface area contributed by atoms with Gasteiger partial charge < -0.3 is 21.5 Å². The molecular weight excluding hydrogens is 272 g/mol. The van der Waals surface area contributed by atoms with E-state index in [9.17, 15) is 14.7 Å². The standard InChI is InChI=1S/C14H14N4O3/c15-10-5-3-9(4-6-10)14(21)17-8-12(20)18-13-11(19)2-1-7-16-13/h1-7,19H,8,15H2,(H,17,21)(H,16,18,20). The minimum absolute atomic E-state index is 0.0456. The van der Waals surface area contributed by atoms with Crippen LogP contribution in [0.25, 0.3) is 0 Å². The third-order valence-electron chi connectivity index (χ3n) is 2.63. The second-order valence-electron chi connectivity index (χ2n) is 4.22. The number of carbonyl (C=O) groups excluding carboxylic acids is 2. The van der Waals surface area contributed by atoms with E-state index in [1.165, 1.54) is 18.3 Å². The van der Waals surface area contributed by atoms with Crippen LogP contribution in [0.15, 0.2) is 42.6 Å². The molecule has 0 radical (unpaired) electrons. The average molecular weight is 286 g/mol. The van der Waals surface area contributed by atoms with Crippen molar-refractivity contribution in [2.45, 2.75) is 0 Å². The van der Waals surface area contributed by atoms with Gasteiger partial charge in [-0.25, -0.2) is 4.98 Å². The Labute approximate surface area is 120 Å². The topological polar surface area (TPSA) is 117 Å². The zero-order valence-corrected chi connectivity index (χ0v) is 11.0. The molecular formula is C14H14N4O3. The van der Waals surface area contributed by atoms with Gasteiger partial charge >= 0.3 is 0 Å². The molecule has 0 aliphatic heterocycles. The molecule has 0 unspecified atom stereocenters. The Bertz CT molecular complexity index is 656. The van der Waals surface area contributed by atoms with Crippen LogP contribution in [0, 0.1) is 0 Å². The number of nitrogens with zero attached hydrogens (tertiary/aromatic N) is 1. The summed E-state index contributed by atoms with van der Waals surface area (Å²) in [5, 5.41) is 14.3. The first-order valence-electron chi connectivity index (χ1n) is 6.14. The molecule has 7 nitrogen and oxygen atoms in total. The molecule has 0 saturated heterocycles. The number of nitrogens with two attached hydrogens (primary N) is 1. The summed E-state index contributed by atoms with van der Waals surface area (Å²) in [6.07, 6.45) is 1.43. The summed E-state index contributed by atoms with van der Waals surface area (Å²) in [4.78, 5) is 27.2. The van der Waals surface area contributed by atoms with Gasteiger partial charge in [-0.1, -0.05) is 0 Å². The van der Waals surface area contributed by atoms with Gasteiger partial charge in [-0.3, -0.25) is 9.59 Å². The molecule has 1 aromatic carbocycles. The van der Waals surface area contributed by atoms with Gasteiger partial charge in [0.1, 0.15) is 0 Å². The lowest BCUT2D eigenvalue weighted by Gasteiger charge is -2.07. The van der Waals surface area contributed by atoms with Crippen molar-refractivity contribution in [3.8, 4) is 5.75 Å². The van der Waals surface area contributed by atoms with Crippen molar-refractivity contribution in [1.82, 2.24) is 10.3 Å². The highest BCUT2D eigenvalue weighted by atomic mass is 16.3. The maximum absolute atomic E-state index is 11.8. The maximum atomic E-state index is 11.8. The van der Waals surface area contributed by atoms with E-state index in [0.717, 1.165) is 0 Å². The first-order valence-corrected chi connectivity index (χ1v) is 6.14. The summed E-state index contributed by atoms with van der Waals surface area (Å²) in [6.45, 7) is -0.237. The van der Waals surface area contributed by atoms with E-state index in [1.807, 2.05) is 0 Å². The molecule has 108 valence electrons. The van der Waals surface area contributed by atoms with Gasteiger partial charge in [0.2, 0.25) is 5.91 Å². The van der Waals surface area contributed by atoms with E-state index < -0.39 is 11.8 Å². The Hall–Kier alpha value is -3.09. The summed E-state index contributed by atoms with van der Waals surface area (Å²) < 4.78 is 0. The molecule has 1 heterocycles. The normalized spacial score (nSPS) is 9.90. The number of carbonyl (C=O) groups is 2. The monoisotopic (exact) mass is 286 g/mol. The number of amides is 2. The number of hydrogen-bond acceptors (Lipinski definition) is 5. The number of nitrogen functional groups attached to an aromatic ring is 1. The van der Waals surface area contributed by atoms with Crippen LogP contribution < -0.4 is 16.4 Å². The highest BCUT2D eigenvalue weighted by molar-refractivity contribution is 5.99. The number of nitrogens with one attached hydrogen (secondary N) is 2. The largest absolute Gasteiger partial charge is 0.504 e. The van der Waals surface area contributed by atoms with Crippen molar-refractivity contribution in [3.63, 3.8) is 0 Å². The molecule has 5 N–H and O–H groups in total. The minimum Gasteiger partial charge on any atom is -0.504 e. The van der Waals surface area contributed by atoms with Gasteiger partial charge in [0.25, 0.3) is 5.91 Å². The lowest BCUT2D eigenvalue weighted by molar-refractivity contribution is -0.115. The minimum atomic E-state index is -0.493. The fourth-order valence-electron chi connectivity index (χ4n) is 1.57. The van der Waals surface area contributed by atoms with Crippen LogP contribution in [-0.2, 0) is 4.79 Å². The van der Waals surface area contributed by atoms with Crippen molar-refractivity contribution in [2.75, 3.05) is 17.6 Å². The van der Waals surface area contributed by atoms with Crippen LogP contribution in [0.3, 0.4) is 0 Å². The first kappa shape index (κ1) is 14.3. The van der Waals surface area contributed by atoms with Gasteiger partial charge in [-0.15, -0.1) is 0 Å². The molecule has 0 bridgehead atoms. The van der Waals surface area contributed by atoms with Gasteiger partial charge in [-0.05, 0) is 36.4 Å². The van der Waals surface area contributed by atoms with Gasteiger partial charge in [0.15, 0.2) is 11.6 Å². The predicted octanol–water partition coefficient (Wildman–Crippen LogP) is 0.738. The molecule has 0 fully saturated rings. The predicted molar refractivity (Wildman–Crippen MR) is 77.7 cm³/mol. The van der Waals surface area contributed by atoms with Gasteiger partial charge in [0.05, 0.1) is 6.54 Å². The third-order valence-corrected chi connectivity index (χ3v) is 2.63. The maximum Gasteiger partial charge on any atom is 0.251 e. The molecule has 0 atom stereocenters. The second kappa shape index (κ2) is 6.38. The van der Waals surface area contributed by atoms with Crippen molar-refractivity contribution in [1.29, 1.82) is 0 Å².